The number of carbonyl (C=O) groups excluding carboxylic acids is 2. The van der Waals surface area contributed by atoms with Crippen LogP contribution in [0, 0.1) is 11.8 Å². The van der Waals surface area contributed by atoms with Crippen LogP contribution in [0.2, 0.25) is 9.36 Å². The summed E-state index contributed by atoms with van der Waals surface area (Å²) in [5.74, 6) is 0.208. The van der Waals surface area contributed by atoms with Crippen LogP contribution < -0.4 is 5.32 Å². The van der Waals surface area contributed by atoms with Crippen LogP contribution in [0.25, 0.3) is 0 Å². The topological polar surface area (TPSA) is 71.5 Å². The summed E-state index contributed by atoms with van der Waals surface area (Å²) in [6.07, 6.45) is -0.302. The number of likely N-dealkylation sites (tertiary alicyclic amines) is 1. The van der Waals surface area contributed by atoms with Gasteiger partial charge in [0.25, 0.3) is 5.91 Å². The van der Waals surface area contributed by atoms with Crippen molar-refractivity contribution in [3.8, 4) is 0 Å². The number of rotatable bonds is 2. The number of hydrogen-bond acceptors (Lipinski definition) is 5. The zero-order valence-corrected chi connectivity index (χ0v) is 15.3. The molecule has 2 aliphatic rings. The van der Waals surface area contributed by atoms with Crippen molar-refractivity contribution in [2.75, 3.05) is 13.1 Å². The predicted octanol–water partition coefficient (Wildman–Crippen LogP) is 3.05. The molecule has 3 rings (SSSR count). The third-order valence-corrected chi connectivity index (χ3v) is 5.57. The predicted molar refractivity (Wildman–Crippen MR) is 88.2 cm³/mol. The molecular weight excluding hydrogens is 361 g/mol. The van der Waals surface area contributed by atoms with Gasteiger partial charge in [0, 0.05) is 31.0 Å². The minimum Gasteiger partial charge on any atom is -0.444 e. The van der Waals surface area contributed by atoms with E-state index in [0.29, 0.717) is 17.4 Å². The van der Waals surface area contributed by atoms with Crippen LogP contribution in [0.4, 0.5) is 4.79 Å². The Labute approximate surface area is 148 Å². The van der Waals surface area contributed by atoms with Crippen molar-refractivity contribution in [2.45, 2.75) is 32.4 Å². The third kappa shape index (κ3) is 3.41. The number of aromatic nitrogens is 1. The highest BCUT2D eigenvalue weighted by atomic mass is 35.5. The maximum atomic E-state index is 12.1. The lowest BCUT2D eigenvalue weighted by atomic mass is 10.2. The molecule has 0 radical (unpaired) electrons. The SMILES string of the molecule is CC(C)(C)OC(=O)N1C[C@@H]2C(NC(=O)c3nsc(Cl)c3Cl)[C@H]2C1. The summed E-state index contributed by atoms with van der Waals surface area (Å²) in [5, 5.41) is 3.11. The average Bonchev–Trinajstić information content (AvgIpc) is 2.80. The second kappa shape index (κ2) is 5.79. The second-order valence-electron chi connectivity index (χ2n) is 6.83. The summed E-state index contributed by atoms with van der Waals surface area (Å²) in [7, 11) is 0. The van der Waals surface area contributed by atoms with Gasteiger partial charge in [0.2, 0.25) is 0 Å². The van der Waals surface area contributed by atoms with Gasteiger partial charge in [-0.05, 0) is 32.3 Å². The largest absolute Gasteiger partial charge is 0.444 e. The summed E-state index contributed by atoms with van der Waals surface area (Å²) >= 11 is 12.7. The van der Waals surface area contributed by atoms with Gasteiger partial charge in [-0.1, -0.05) is 23.2 Å². The number of fused-ring (bicyclic) bond motifs is 1. The van der Waals surface area contributed by atoms with E-state index in [9.17, 15) is 9.59 Å². The lowest BCUT2D eigenvalue weighted by Crippen LogP contribution is -2.40. The Bertz CT molecular complexity index is 646. The smallest absolute Gasteiger partial charge is 0.410 e. The molecule has 1 saturated heterocycles. The molecule has 6 nitrogen and oxygen atoms in total. The molecule has 1 aromatic heterocycles. The van der Waals surface area contributed by atoms with Crippen LogP contribution in [0.15, 0.2) is 0 Å². The van der Waals surface area contributed by atoms with Crippen molar-refractivity contribution >= 4 is 46.7 Å². The Morgan fingerprint density at radius 1 is 1.30 bits per heavy atom. The quantitative estimate of drug-likeness (QED) is 0.859. The van der Waals surface area contributed by atoms with Crippen LogP contribution in [-0.4, -0.2) is 46.0 Å². The van der Waals surface area contributed by atoms with Crippen LogP contribution in [-0.2, 0) is 4.74 Å². The van der Waals surface area contributed by atoms with Crippen LogP contribution in [0.1, 0.15) is 31.3 Å². The highest BCUT2D eigenvalue weighted by Gasteiger charge is 2.58. The molecule has 1 aliphatic carbocycles. The van der Waals surface area contributed by atoms with Crippen molar-refractivity contribution in [3.63, 3.8) is 0 Å². The molecule has 1 aliphatic heterocycles. The number of hydrogen-bond donors (Lipinski definition) is 1. The molecule has 0 aromatic carbocycles. The van der Waals surface area contributed by atoms with Gasteiger partial charge >= 0.3 is 6.09 Å². The average molecular weight is 378 g/mol. The monoisotopic (exact) mass is 377 g/mol. The summed E-state index contributed by atoms with van der Waals surface area (Å²) in [6.45, 7) is 6.71. The lowest BCUT2D eigenvalue weighted by Gasteiger charge is -2.26. The number of amides is 2. The van der Waals surface area contributed by atoms with Gasteiger partial charge in [-0.2, -0.15) is 4.37 Å². The third-order valence-electron chi connectivity index (χ3n) is 3.96. The number of piperidine rings is 1. The molecule has 2 atom stereocenters. The zero-order chi connectivity index (χ0) is 16.9. The van der Waals surface area contributed by atoms with E-state index in [2.05, 4.69) is 9.69 Å². The summed E-state index contributed by atoms with van der Waals surface area (Å²) in [4.78, 5) is 25.8. The molecule has 126 valence electrons. The molecule has 2 fully saturated rings. The first kappa shape index (κ1) is 16.8. The number of nitrogens with one attached hydrogen (secondary N) is 1. The van der Waals surface area contributed by atoms with E-state index in [-0.39, 0.29) is 40.6 Å². The molecule has 1 saturated carbocycles. The van der Waals surface area contributed by atoms with E-state index in [1.807, 2.05) is 20.8 Å². The van der Waals surface area contributed by atoms with Crippen molar-refractivity contribution in [3.05, 3.63) is 15.1 Å². The van der Waals surface area contributed by atoms with Gasteiger partial charge < -0.3 is 15.0 Å². The van der Waals surface area contributed by atoms with Gasteiger partial charge in [-0.3, -0.25) is 4.79 Å². The van der Waals surface area contributed by atoms with Gasteiger partial charge in [-0.15, -0.1) is 0 Å². The Morgan fingerprint density at radius 3 is 2.39 bits per heavy atom. The first-order valence-corrected chi connectivity index (χ1v) is 8.80. The number of ether oxygens (including phenoxy) is 1. The number of halogens is 2. The van der Waals surface area contributed by atoms with E-state index in [4.69, 9.17) is 27.9 Å². The molecule has 2 amide bonds. The molecule has 1 N–H and O–H groups in total. The fourth-order valence-corrected chi connectivity index (χ4v) is 3.83. The van der Waals surface area contributed by atoms with E-state index in [1.54, 1.807) is 4.90 Å². The maximum absolute atomic E-state index is 12.1. The fraction of sp³-hybridized carbons (Fsp3) is 0.643. The Balaban J connectivity index is 1.52. The minimum absolute atomic E-state index is 0.0535. The minimum atomic E-state index is -0.502. The van der Waals surface area contributed by atoms with Crippen LogP contribution in [0.5, 0.6) is 0 Å². The zero-order valence-electron chi connectivity index (χ0n) is 12.9. The maximum Gasteiger partial charge on any atom is 0.410 e. The molecule has 2 heterocycles. The second-order valence-corrected chi connectivity index (χ2v) is 8.58. The van der Waals surface area contributed by atoms with Crippen molar-refractivity contribution in [1.29, 1.82) is 0 Å². The van der Waals surface area contributed by atoms with E-state index < -0.39 is 5.60 Å². The number of nitrogens with zero attached hydrogens (tertiary/aromatic N) is 2. The van der Waals surface area contributed by atoms with Crippen molar-refractivity contribution < 1.29 is 14.3 Å². The molecule has 1 aromatic rings. The van der Waals surface area contributed by atoms with Crippen LogP contribution >= 0.6 is 34.7 Å². The first-order valence-electron chi connectivity index (χ1n) is 7.27. The molecule has 23 heavy (non-hydrogen) atoms. The molecule has 0 unspecified atom stereocenters. The van der Waals surface area contributed by atoms with E-state index >= 15 is 0 Å². The summed E-state index contributed by atoms with van der Waals surface area (Å²) < 4.78 is 9.62. The van der Waals surface area contributed by atoms with Gasteiger partial charge in [0.05, 0.1) is 0 Å². The van der Waals surface area contributed by atoms with Crippen molar-refractivity contribution in [2.24, 2.45) is 11.8 Å². The van der Waals surface area contributed by atoms with E-state index in [0.717, 1.165) is 11.5 Å². The van der Waals surface area contributed by atoms with E-state index in [1.165, 1.54) is 0 Å². The Kier molecular flexibility index (Phi) is 4.23. The van der Waals surface area contributed by atoms with Gasteiger partial charge in [-0.25, -0.2) is 4.79 Å². The van der Waals surface area contributed by atoms with Gasteiger partial charge in [0.15, 0.2) is 5.69 Å². The highest BCUT2D eigenvalue weighted by Crippen LogP contribution is 2.46. The lowest BCUT2D eigenvalue weighted by molar-refractivity contribution is 0.0270. The van der Waals surface area contributed by atoms with Gasteiger partial charge in [0.1, 0.15) is 15.0 Å². The molecule has 0 spiro atoms. The standard InChI is InChI=1S/C14H17Cl2N3O3S/c1-14(2,3)22-13(21)19-4-6-7(5-19)9(6)17-12(20)10-8(15)11(16)23-18-10/h6-7,9H,4-5H2,1-3H3,(H,17,20)/t6-,7-/m0/s1. The normalized spacial score (nSPS) is 26.0. The molecule has 0 bridgehead atoms. The van der Waals surface area contributed by atoms with Crippen LogP contribution in [0.3, 0.4) is 0 Å². The Hall–Kier alpha value is -1.05. The molecular formula is C14H17Cl2N3O3S. The summed E-state index contributed by atoms with van der Waals surface area (Å²) in [6, 6.07) is 0.0535. The molecule has 9 heteroatoms. The first-order chi connectivity index (χ1) is 10.7. The fourth-order valence-electron chi connectivity index (χ4n) is 2.84. The number of carbonyl (C=O) groups is 2. The Morgan fingerprint density at radius 2 is 1.91 bits per heavy atom. The highest BCUT2D eigenvalue weighted by molar-refractivity contribution is 7.11. The van der Waals surface area contributed by atoms with Crippen molar-refractivity contribution in [1.82, 2.24) is 14.6 Å². The summed E-state index contributed by atoms with van der Waals surface area (Å²) in [5.41, 5.74) is -0.339.